The zero-order valence-corrected chi connectivity index (χ0v) is 50.2. The molecule has 8 rings (SSSR count). The van der Waals surface area contributed by atoms with Gasteiger partial charge in [-0.05, 0) is 176 Å². The number of unbranched alkanes of at least 4 members (excludes halogenated alkanes) is 2. The Labute approximate surface area is 502 Å². The molecule has 6 aromatic carbocycles. The summed E-state index contributed by atoms with van der Waals surface area (Å²) in [5.74, 6) is -3.02. The Morgan fingerprint density at radius 2 is 0.954 bits per heavy atom. The molecule has 87 heavy (non-hydrogen) atoms. The van der Waals surface area contributed by atoms with Crippen LogP contribution in [0.25, 0.3) is 44.1 Å². The van der Waals surface area contributed by atoms with Gasteiger partial charge in [-0.2, -0.15) is 19.0 Å². The molecule has 0 unspecified atom stereocenters. The van der Waals surface area contributed by atoms with Crippen LogP contribution in [0.2, 0.25) is 0 Å². The fraction of sp³-hybridized carbons (Fsp3) is 0.279. The maximum absolute atomic E-state index is 15.1. The number of likely N-dealkylation sites (N-methyl/N-ethyl adjacent to an activating group) is 2. The van der Waals surface area contributed by atoms with Crippen LogP contribution in [0.15, 0.2) is 146 Å². The number of H-pyrrole nitrogens is 2. The third kappa shape index (κ3) is 17.2. The fourth-order valence-electron chi connectivity index (χ4n) is 9.44. The number of carbonyl (C=O) groups excluding carboxylic acids is 3. The van der Waals surface area contributed by atoms with E-state index in [1.165, 1.54) is 57.2 Å². The van der Waals surface area contributed by atoms with Crippen LogP contribution in [-0.2, 0) is 14.3 Å². The lowest BCUT2D eigenvalue weighted by Crippen LogP contribution is -2.39. The first kappa shape index (κ1) is 65.2. The van der Waals surface area contributed by atoms with Crippen LogP contribution in [-0.4, -0.2) is 113 Å². The minimum atomic E-state index is -0.711. The van der Waals surface area contributed by atoms with E-state index in [1.807, 2.05) is 37.3 Å². The van der Waals surface area contributed by atoms with Crippen molar-refractivity contribution in [2.24, 2.45) is 0 Å². The molecule has 0 aliphatic heterocycles. The normalized spacial score (nSPS) is 12.2. The van der Waals surface area contributed by atoms with Crippen LogP contribution >= 0.6 is 0 Å². The minimum Gasteiger partial charge on any atom is -0.494 e. The number of aromatic amines is 2. The van der Waals surface area contributed by atoms with Gasteiger partial charge in [0.1, 0.15) is 47.0 Å². The summed E-state index contributed by atoms with van der Waals surface area (Å²) in [4.78, 5) is 40.7. The summed E-state index contributed by atoms with van der Waals surface area (Å²) in [5, 5.41) is 13.1. The highest BCUT2D eigenvalue weighted by Gasteiger charge is 2.24. The first-order valence-electron chi connectivity index (χ1n) is 28.4. The monoisotopic (exact) mass is 1200 g/mol. The van der Waals surface area contributed by atoms with Crippen molar-refractivity contribution in [1.29, 1.82) is 0 Å². The maximum Gasteiger partial charge on any atom is 0.410 e. The topological polar surface area (TPSA) is 146 Å². The molecular weight excluding hydrogens is 1120 g/mol. The second kappa shape index (κ2) is 30.1. The van der Waals surface area contributed by atoms with Crippen molar-refractivity contribution in [2.45, 2.75) is 72.3 Å². The van der Waals surface area contributed by atoms with Crippen LogP contribution in [0.3, 0.4) is 0 Å². The van der Waals surface area contributed by atoms with Crippen molar-refractivity contribution in [3.8, 4) is 11.5 Å². The average molecular weight is 1200 g/mol. The number of benzene rings is 6. The molecule has 0 aliphatic rings. The molecule has 0 aliphatic carbocycles. The summed E-state index contributed by atoms with van der Waals surface area (Å²) in [6.45, 7) is 9.88. The summed E-state index contributed by atoms with van der Waals surface area (Å²) < 4.78 is 106. The molecule has 13 nitrogen and oxygen atoms in total. The molecule has 0 spiro atoms. The second-order valence-electron chi connectivity index (χ2n) is 21.6. The number of hydrogen-bond donors (Lipinski definition) is 2. The lowest BCUT2D eigenvalue weighted by atomic mass is 9.87. The maximum atomic E-state index is 15.1. The van der Waals surface area contributed by atoms with E-state index >= 15 is 8.78 Å². The van der Waals surface area contributed by atoms with Crippen molar-refractivity contribution >= 4 is 62.0 Å². The van der Waals surface area contributed by atoms with E-state index in [2.05, 4.69) is 20.4 Å². The van der Waals surface area contributed by atoms with Crippen molar-refractivity contribution in [2.75, 3.05) is 54.5 Å². The van der Waals surface area contributed by atoms with Crippen molar-refractivity contribution in [3.63, 3.8) is 0 Å². The number of allylic oxidation sites excluding steroid dienone is 3. The first-order valence-corrected chi connectivity index (χ1v) is 28.4. The second-order valence-corrected chi connectivity index (χ2v) is 21.6. The molecule has 2 heterocycles. The lowest BCUT2D eigenvalue weighted by molar-refractivity contribution is -0.124. The molecule has 0 saturated heterocycles. The summed E-state index contributed by atoms with van der Waals surface area (Å²) in [5.41, 5.74) is 4.43. The van der Waals surface area contributed by atoms with Gasteiger partial charge in [-0.15, -0.1) is 0 Å². The van der Waals surface area contributed by atoms with E-state index in [4.69, 9.17) is 14.2 Å². The zero-order valence-electron chi connectivity index (χ0n) is 50.2. The van der Waals surface area contributed by atoms with E-state index < -0.39 is 46.9 Å². The quantitative estimate of drug-likeness (QED) is 0.0295. The smallest absolute Gasteiger partial charge is 0.410 e. The number of hydrogen-bond acceptors (Lipinski definition) is 8. The van der Waals surface area contributed by atoms with Gasteiger partial charge < -0.3 is 28.9 Å². The van der Waals surface area contributed by atoms with E-state index in [9.17, 15) is 31.9 Å². The van der Waals surface area contributed by atoms with E-state index in [0.29, 0.717) is 85.5 Å². The van der Waals surface area contributed by atoms with Gasteiger partial charge in [0.2, 0.25) is 23.7 Å². The number of rotatable bonds is 22. The van der Waals surface area contributed by atoms with Gasteiger partial charge >= 0.3 is 6.09 Å². The molecule has 2 aromatic heterocycles. The number of nitrogens with zero attached hydrogens (tertiary/aromatic N) is 5. The number of fused-ring (bicyclic) bond motifs is 2. The summed E-state index contributed by atoms with van der Waals surface area (Å²) >= 11 is 0. The molecule has 0 radical (unpaired) electrons. The summed E-state index contributed by atoms with van der Waals surface area (Å²) in [7, 11) is 6.69. The Morgan fingerprint density at radius 1 is 0.540 bits per heavy atom. The molecule has 456 valence electrons. The highest BCUT2D eigenvalue weighted by molar-refractivity contribution is 6.02. The SMILES string of the molecule is CC/C(=C(/c1ccc(OCCCC/C=C/C(=O)N(C)C)cc1)c1ccc2n[nH]c(F)c2c1)c1c(F)cccc1F.CC/C(=C(/c1ccc(OCCN(C/C=C/C(=O)N(C)C)C(=O)OC(C)(C)C)cc1)c1ccc2n[nH]c(F)c2c1)c1c(F)cccc1F. The van der Waals surface area contributed by atoms with Gasteiger partial charge in [-0.25, -0.2) is 22.4 Å². The highest BCUT2D eigenvalue weighted by atomic mass is 19.2. The summed E-state index contributed by atoms with van der Waals surface area (Å²) in [6, 6.07) is 31.9. The molecule has 3 amide bonds. The highest BCUT2D eigenvalue weighted by Crippen LogP contribution is 2.40. The molecule has 0 bridgehead atoms. The molecule has 2 N–H and O–H groups in total. The molecular formula is C68H71F6N7O6. The number of ether oxygens (including phenoxy) is 3. The van der Waals surface area contributed by atoms with Crippen LogP contribution in [0.5, 0.6) is 11.5 Å². The molecule has 0 atom stereocenters. The van der Waals surface area contributed by atoms with Crippen molar-refractivity contribution < 1.29 is 54.9 Å². The van der Waals surface area contributed by atoms with Crippen molar-refractivity contribution in [3.05, 3.63) is 214 Å². The molecule has 0 saturated carbocycles. The number of halogens is 6. The van der Waals surface area contributed by atoms with Crippen LogP contribution in [0, 0.1) is 35.2 Å². The molecule has 19 heteroatoms. The number of carbonyl (C=O) groups is 3. The van der Waals surface area contributed by atoms with Crippen LogP contribution in [0.4, 0.5) is 31.1 Å². The summed E-state index contributed by atoms with van der Waals surface area (Å²) in [6.07, 6.45) is 8.96. The van der Waals surface area contributed by atoms with Crippen LogP contribution < -0.4 is 9.47 Å². The fourth-order valence-corrected chi connectivity index (χ4v) is 9.44. The van der Waals surface area contributed by atoms with Gasteiger partial charge in [-0.1, -0.05) is 74.5 Å². The number of aromatic nitrogens is 4. The van der Waals surface area contributed by atoms with E-state index in [1.54, 1.807) is 129 Å². The standard InChI is InChI=1S/C36H39F3N4O4.C32H32F3N3O2/c1-7-26(33-28(37)10-8-11-29(33)38)32(24-15-18-30-27(22-24)34(39)41-40-30)23-13-16-25(17-14-23)46-21-20-43(35(45)47-36(2,3)4)19-9-12-31(44)42(5)6;1-4-24(31-26(33)10-9-11-27(31)34)30(22-15-18-28-25(20-22)32(35)37-36-28)21-13-16-23(17-14-21)40-19-8-6-5-7-12-29(39)38(2)3/h8-18,22H,7,19-21H2,1-6H3,(H,40,41);7,9-18,20H,4-6,8,19H2,1-3H3,(H,36,37)/b12-9+,32-26+;12-7+,30-24+. The lowest BCUT2D eigenvalue weighted by Gasteiger charge is -2.26. The van der Waals surface area contributed by atoms with Gasteiger partial charge in [0.25, 0.3) is 0 Å². The number of nitrogens with one attached hydrogen (secondary N) is 2. The van der Waals surface area contributed by atoms with Crippen molar-refractivity contribution in [1.82, 2.24) is 35.1 Å². The van der Waals surface area contributed by atoms with Gasteiger partial charge in [0, 0.05) is 51.9 Å². The Hall–Kier alpha value is -9.39. The van der Waals surface area contributed by atoms with E-state index in [-0.39, 0.29) is 54.4 Å². The Balaban J connectivity index is 0.000000252. The average Bonchev–Trinajstić information content (AvgIpc) is 3.70. The third-order valence-electron chi connectivity index (χ3n) is 13.8. The van der Waals surface area contributed by atoms with Gasteiger partial charge in [0.05, 0.1) is 35.0 Å². The van der Waals surface area contributed by atoms with Gasteiger partial charge in [0.15, 0.2) is 0 Å². The predicted molar refractivity (Wildman–Crippen MR) is 328 cm³/mol. The molecule has 0 fully saturated rings. The Bertz CT molecular complexity index is 3780. The first-order chi connectivity index (χ1) is 41.6. The Kier molecular flexibility index (Phi) is 22.5. The Morgan fingerprint density at radius 3 is 1.37 bits per heavy atom. The largest absolute Gasteiger partial charge is 0.494 e. The molecule has 8 aromatic rings. The van der Waals surface area contributed by atoms with Gasteiger partial charge in [-0.3, -0.25) is 19.8 Å². The minimum absolute atomic E-state index is 0.0384. The van der Waals surface area contributed by atoms with E-state index in [0.717, 1.165) is 19.3 Å². The zero-order chi connectivity index (χ0) is 63.0. The predicted octanol–water partition coefficient (Wildman–Crippen LogP) is 15.2. The van der Waals surface area contributed by atoms with Crippen LogP contribution in [0.1, 0.15) is 100 Å². The number of amides is 3. The third-order valence-corrected chi connectivity index (χ3v) is 13.8.